The highest BCUT2D eigenvalue weighted by Gasteiger charge is 2.15. The summed E-state index contributed by atoms with van der Waals surface area (Å²) in [6.45, 7) is 2.01. The van der Waals surface area contributed by atoms with Crippen LogP contribution in [0.15, 0.2) is 64.0 Å². The molecule has 0 aliphatic rings. The average molecular weight is 341 g/mol. The van der Waals surface area contributed by atoms with Gasteiger partial charge in [0.1, 0.15) is 16.5 Å². The van der Waals surface area contributed by atoms with Crippen LogP contribution in [-0.4, -0.2) is 11.1 Å². The van der Waals surface area contributed by atoms with Crippen molar-refractivity contribution in [1.29, 1.82) is 0 Å². The monoisotopic (exact) mass is 340 g/mol. The van der Waals surface area contributed by atoms with Gasteiger partial charge in [0.25, 0.3) is 5.69 Å². The van der Waals surface area contributed by atoms with E-state index in [9.17, 15) is 10.1 Å². The maximum atomic E-state index is 11.0. The van der Waals surface area contributed by atoms with Crippen LogP contribution in [0.25, 0.3) is 11.3 Å². The van der Waals surface area contributed by atoms with E-state index in [-0.39, 0.29) is 10.7 Å². The van der Waals surface area contributed by atoms with Crippen molar-refractivity contribution >= 4 is 29.2 Å². The third-order valence-electron chi connectivity index (χ3n) is 3.43. The number of nitro benzene ring substituents is 1. The van der Waals surface area contributed by atoms with Gasteiger partial charge in [0.15, 0.2) is 0 Å². The van der Waals surface area contributed by atoms with E-state index in [0.29, 0.717) is 17.1 Å². The van der Waals surface area contributed by atoms with Crippen LogP contribution >= 0.6 is 11.6 Å². The Morgan fingerprint density at radius 1 is 1.12 bits per heavy atom. The lowest BCUT2D eigenvalue weighted by molar-refractivity contribution is -0.384. The number of nitro groups is 1. The van der Waals surface area contributed by atoms with Crippen molar-refractivity contribution in [2.45, 2.75) is 6.92 Å². The molecule has 3 rings (SSSR count). The molecule has 1 aromatic heterocycles. The quantitative estimate of drug-likeness (QED) is 0.354. The van der Waals surface area contributed by atoms with Crippen molar-refractivity contribution in [1.82, 2.24) is 0 Å². The van der Waals surface area contributed by atoms with Gasteiger partial charge in [-0.1, -0.05) is 29.3 Å². The number of rotatable bonds is 4. The van der Waals surface area contributed by atoms with E-state index in [0.717, 1.165) is 5.69 Å². The lowest BCUT2D eigenvalue weighted by Crippen LogP contribution is -1.89. The van der Waals surface area contributed by atoms with Crippen LogP contribution in [0.3, 0.4) is 0 Å². The Morgan fingerprint density at radius 2 is 1.88 bits per heavy atom. The van der Waals surface area contributed by atoms with Gasteiger partial charge in [-0.25, -0.2) is 0 Å². The highest BCUT2D eigenvalue weighted by molar-refractivity contribution is 6.32. The summed E-state index contributed by atoms with van der Waals surface area (Å²) >= 11 is 5.82. The minimum atomic E-state index is -0.519. The number of benzene rings is 2. The van der Waals surface area contributed by atoms with Crippen LogP contribution in [0.2, 0.25) is 5.02 Å². The SMILES string of the molecule is Cc1ccc(N=Cc2ccc(-c3ccc(Cl)c([N+](=O)[O-])c3)o2)cc1. The van der Waals surface area contributed by atoms with Gasteiger partial charge < -0.3 is 4.42 Å². The minimum Gasteiger partial charge on any atom is -0.455 e. The van der Waals surface area contributed by atoms with Gasteiger partial charge in [-0.3, -0.25) is 15.1 Å². The van der Waals surface area contributed by atoms with Gasteiger partial charge in [-0.2, -0.15) is 0 Å². The van der Waals surface area contributed by atoms with Gasteiger partial charge >= 0.3 is 0 Å². The number of hydrogen-bond acceptors (Lipinski definition) is 4. The summed E-state index contributed by atoms with van der Waals surface area (Å²) in [6.07, 6.45) is 1.61. The second-order valence-corrected chi connectivity index (χ2v) is 5.63. The van der Waals surface area contributed by atoms with E-state index in [2.05, 4.69) is 4.99 Å². The first-order chi connectivity index (χ1) is 11.5. The number of hydrogen-bond donors (Lipinski definition) is 0. The first-order valence-corrected chi connectivity index (χ1v) is 7.55. The number of furan rings is 1. The van der Waals surface area contributed by atoms with Crippen LogP contribution in [0.5, 0.6) is 0 Å². The predicted octanol–water partition coefficient (Wildman–Crippen LogP) is 5.57. The standard InChI is InChI=1S/C18H13ClN2O3/c1-12-2-5-14(6-3-12)20-11-15-7-9-18(24-15)13-4-8-16(19)17(10-13)21(22)23/h2-11H,1H3. The number of aliphatic imine (C=N–C) groups is 1. The number of halogens is 1. The molecule has 0 saturated heterocycles. The summed E-state index contributed by atoms with van der Waals surface area (Å²) in [5, 5.41) is 11.1. The van der Waals surface area contributed by atoms with Crippen molar-refractivity contribution in [3.63, 3.8) is 0 Å². The predicted molar refractivity (Wildman–Crippen MR) is 94.2 cm³/mol. The van der Waals surface area contributed by atoms with Crippen LogP contribution in [0.1, 0.15) is 11.3 Å². The molecule has 0 aliphatic carbocycles. The van der Waals surface area contributed by atoms with Crippen LogP contribution in [0.4, 0.5) is 11.4 Å². The maximum Gasteiger partial charge on any atom is 0.288 e. The second-order valence-electron chi connectivity index (χ2n) is 5.22. The van der Waals surface area contributed by atoms with E-state index in [4.69, 9.17) is 16.0 Å². The summed E-state index contributed by atoms with van der Waals surface area (Å²) in [5.74, 6) is 1.07. The fraction of sp³-hybridized carbons (Fsp3) is 0.0556. The molecular weight excluding hydrogens is 328 g/mol. The third-order valence-corrected chi connectivity index (χ3v) is 3.75. The third kappa shape index (κ3) is 3.52. The van der Waals surface area contributed by atoms with E-state index < -0.39 is 4.92 Å². The molecule has 0 radical (unpaired) electrons. The first kappa shape index (κ1) is 16.0. The van der Waals surface area contributed by atoms with Crippen molar-refractivity contribution in [2.75, 3.05) is 0 Å². The Kier molecular flexibility index (Phi) is 4.44. The van der Waals surface area contributed by atoms with Crippen LogP contribution in [0, 0.1) is 17.0 Å². The van der Waals surface area contributed by atoms with Gasteiger partial charge in [-0.05, 0) is 43.3 Å². The Balaban J connectivity index is 1.84. The zero-order valence-corrected chi connectivity index (χ0v) is 13.5. The van der Waals surface area contributed by atoms with E-state index in [1.807, 2.05) is 31.2 Å². The molecule has 24 heavy (non-hydrogen) atoms. The largest absolute Gasteiger partial charge is 0.455 e. The molecule has 0 saturated carbocycles. The van der Waals surface area contributed by atoms with Crippen molar-refractivity contribution in [2.24, 2.45) is 4.99 Å². The normalized spacial score (nSPS) is 11.1. The maximum absolute atomic E-state index is 11.0. The molecule has 0 spiro atoms. The molecule has 0 aliphatic heterocycles. The lowest BCUT2D eigenvalue weighted by atomic mass is 10.1. The van der Waals surface area contributed by atoms with E-state index in [1.54, 1.807) is 24.4 Å². The molecule has 0 unspecified atom stereocenters. The molecule has 120 valence electrons. The van der Waals surface area contributed by atoms with E-state index >= 15 is 0 Å². The molecular formula is C18H13ClN2O3. The summed E-state index contributed by atoms with van der Waals surface area (Å²) in [6, 6.07) is 15.8. The number of nitrogens with zero attached hydrogens (tertiary/aromatic N) is 2. The molecule has 0 fully saturated rings. The van der Waals surface area contributed by atoms with Gasteiger partial charge in [0.2, 0.25) is 0 Å². The molecule has 6 heteroatoms. The van der Waals surface area contributed by atoms with Crippen molar-refractivity contribution < 1.29 is 9.34 Å². The molecule has 5 nitrogen and oxygen atoms in total. The highest BCUT2D eigenvalue weighted by Crippen LogP contribution is 2.31. The zero-order valence-electron chi connectivity index (χ0n) is 12.8. The van der Waals surface area contributed by atoms with Crippen molar-refractivity contribution in [3.05, 3.63) is 81.1 Å². The van der Waals surface area contributed by atoms with Crippen molar-refractivity contribution in [3.8, 4) is 11.3 Å². The minimum absolute atomic E-state index is 0.0939. The van der Waals surface area contributed by atoms with Gasteiger partial charge in [-0.15, -0.1) is 0 Å². The van der Waals surface area contributed by atoms with Gasteiger partial charge in [0.05, 0.1) is 16.8 Å². The zero-order chi connectivity index (χ0) is 17.1. The van der Waals surface area contributed by atoms with E-state index in [1.165, 1.54) is 17.7 Å². The molecule has 1 heterocycles. The molecule has 2 aromatic carbocycles. The summed E-state index contributed by atoms with van der Waals surface area (Å²) in [4.78, 5) is 14.8. The van der Waals surface area contributed by atoms with Gasteiger partial charge in [0, 0.05) is 11.6 Å². The molecule has 3 aromatic rings. The summed E-state index contributed by atoms with van der Waals surface area (Å²) in [5.41, 5.74) is 2.42. The average Bonchev–Trinajstić information content (AvgIpc) is 3.03. The topological polar surface area (TPSA) is 68.6 Å². The highest BCUT2D eigenvalue weighted by atomic mass is 35.5. The summed E-state index contributed by atoms with van der Waals surface area (Å²) < 4.78 is 5.67. The smallest absolute Gasteiger partial charge is 0.288 e. The molecule has 0 bridgehead atoms. The molecule has 0 N–H and O–H groups in total. The Bertz CT molecular complexity index is 914. The fourth-order valence-corrected chi connectivity index (χ4v) is 2.34. The Hall–Kier alpha value is -2.92. The second kappa shape index (κ2) is 6.68. The summed E-state index contributed by atoms with van der Waals surface area (Å²) in [7, 11) is 0. The Morgan fingerprint density at radius 3 is 2.58 bits per heavy atom. The molecule has 0 atom stereocenters. The lowest BCUT2D eigenvalue weighted by Gasteiger charge is -1.99. The van der Waals surface area contributed by atoms with Crippen LogP contribution < -0.4 is 0 Å². The van der Waals surface area contributed by atoms with Crippen LogP contribution in [-0.2, 0) is 0 Å². The first-order valence-electron chi connectivity index (χ1n) is 7.18. The Labute approximate surface area is 143 Å². The number of aryl methyl sites for hydroxylation is 1. The molecule has 0 amide bonds. The fourth-order valence-electron chi connectivity index (χ4n) is 2.15.